The molecule has 0 N–H and O–H groups in total. The lowest BCUT2D eigenvalue weighted by molar-refractivity contribution is -0.606. The largest absolute Gasteiger partial charge is 0.619 e. The van der Waals surface area contributed by atoms with Crippen LogP contribution in [0.25, 0.3) is 0 Å². The van der Waals surface area contributed by atoms with Gasteiger partial charge in [-0.2, -0.15) is 4.73 Å². The van der Waals surface area contributed by atoms with Gasteiger partial charge in [0.25, 0.3) is 0 Å². The van der Waals surface area contributed by atoms with Gasteiger partial charge in [-0.05, 0) is 42.9 Å². The average molecular weight is 225 g/mol. The van der Waals surface area contributed by atoms with Crippen molar-refractivity contribution in [2.75, 3.05) is 0 Å². The van der Waals surface area contributed by atoms with Crippen LogP contribution in [0.1, 0.15) is 22.3 Å². The standard InChI is InChI=1S/C15H15NO/c17-16-10-14-6-4-12-2-1-3-13(8-12)5-7-15(9-14)11-16/h1-3,8-11H,4-7H2. The number of hydrogen-bond donors (Lipinski definition) is 0. The van der Waals surface area contributed by atoms with Crippen molar-refractivity contribution in [2.45, 2.75) is 25.7 Å². The van der Waals surface area contributed by atoms with E-state index in [4.69, 9.17) is 0 Å². The lowest BCUT2D eigenvalue weighted by Crippen LogP contribution is -2.26. The zero-order valence-electron chi connectivity index (χ0n) is 9.73. The first-order valence-corrected chi connectivity index (χ1v) is 6.09. The molecule has 86 valence electrons. The van der Waals surface area contributed by atoms with E-state index < -0.39 is 0 Å². The Balaban J connectivity index is 1.99. The lowest BCUT2D eigenvalue weighted by atomic mass is 9.97. The van der Waals surface area contributed by atoms with Crippen molar-refractivity contribution in [3.8, 4) is 0 Å². The van der Waals surface area contributed by atoms with Crippen molar-refractivity contribution in [1.82, 2.24) is 0 Å². The summed E-state index contributed by atoms with van der Waals surface area (Å²) in [6.07, 6.45) is 7.29. The second-order valence-corrected chi connectivity index (χ2v) is 4.73. The molecule has 2 nitrogen and oxygen atoms in total. The molecule has 1 aliphatic rings. The summed E-state index contributed by atoms with van der Waals surface area (Å²) < 4.78 is 0.945. The van der Waals surface area contributed by atoms with Crippen molar-refractivity contribution in [3.05, 3.63) is 70.2 Å². The first kappa shape index (κ1) is 10.3. The molecule has 2 heteroatoms. The third-order valence-electron chi connectivity index (χ3n) is 3.35. The van der Waals surface area contributed by atoms with E-state index in [-0.39, 0.29) is 0 Å². The predicted molar refractivity (Wildman–Crippen MR) is 66.7 cm³/mol. The number of aryl methyl sites for hydroxylation is 4. The highest BCUT2D eigenvalue weighted by Crippen LogP contribution is 2.15. The van der Waals surface area contributed by atoms with Gasteiger partial charge < -0.3 is 5.21 Å². The van der Waals surface area contributed by atoms with Gasteiger partial charge in [0.1, 0.15) is 0 Å². The molecule has 3 rings (SSSR count). The molecule has 0 aliphatic heterocycles. The zero-order chi connectivity index (χ0) is 11.7. The second kappa shape index (κ2) is 4.21. The van der Waals surface area contributed by atoms with Gasteiger partial charge in [0.2, 0.25) is 0 Å². The molecule has 1 heterocycles. The highest BCUT2D eigenvalue weighted by Gasteiger charge is 2.08. The van der Waals surface area contributed by atoms with Crippen LogP contribution in [-0.4, -0.2) is 0 Å². The van der Waals surface area contributed by atoms with Gasteiger partial charge in [0.15, 0.2) is 12.4 Å². The maximum absolute atomic E-state index is 11.5. The molecule has 0 spiro atoms. The topological polar surface area (TPSA) is 26.9 Å². The first-order valence-electron chi connectivity index (χ1n) is 6.09. The summed E-state index contributed by atoms with van der Waals surface area (Å²) in [4.78, 5) is 0. The molecule has 1 aliphatic carbocycles. The van der Waals surface area contributed by atoms with E-state index in [1.807, 2.05) is 0 Å². The maximum Gasteiger partial charge on any atom is 0.183 e. The van der Waals surface area contributed by atoms with Crippen LogP contribution in [0, 0.1) is 5.21 Å². The fourth-order valence-corrected chi connectivity index (χ4v) is 2.47. The summed E-state index contributed by atoms with van der Waals surface area (Å²) in [7, 11) is 0. The smallest absolute Gasteiger partial charge is 0.183 e. The Bertz CT molecular complexity index is 507. The van der Waals surface area contributed by atoms with Crippen molar-refractivity contribution in [3.63, 3.8) is 0 Å². The van der Waals surface area contributed by atoms with E-state index in [0.717, 1.165) is 41.5 Å². The summed E-state index contributed by atoms with van der Waals surface area (Å²) in [6, 6.07) is 10.9. The van der Waals surface area contributed by atoms with Crippen LogP contribution in [0.3, 0.4) is 0 Å². The molecule has 0 amide bonds. The summed E-state index contributed by atoms with van der Waals surface area (Å²) in [5.74, 6) is 0. The van der Waals surface area contributed by atoms with Gasteiger partial charge in [-0.1, -0.05) is 24.3 Å². The Kier molecular flexibility index (Phi) is 2.56. The Hall–Kier alpha value is -1.83. The van der Waals surface area contributed by atoms with Crippen molar-refractivity contribution in [2.24, 2.45) is 0 Å². The van der Waals surface area contributed by atoms with Crippen LogP contribution in [0.2, 0.25) is 0 Å². The Morgan fingerprint density at radius 1 is 0.765 bits per heavy atom. The molecule has 1 aromatic heterocycles. The minimum Gasteiger partial charge on any atom is -0.619 e. The van der Waals surface area contributed by atoms with Crippen LogP contribution >= 0.6 is 0 Å². The van der Waals surface area contributed by atoms with E-state index in [1.54, 1.807) is 12.4 Å². The molecular weight excluding hydrogens is 210 g/mol. The maximum atomic E-state index is 11.5. The van der Waals surface area contributed by atoms with E-state index in [0.29, 0.717) is 0 Å². The first-order chi connectivity index (χ1) is 8.29. The number of nitrogens with zero attached hydrogens (tertiary/aromatic N) is 1. The Morgan fingerprint density at radius 2 is 1.24 bits per heavy atom. The van der Waals surface area contributed by atoms with Crippen molar-refractivity contribution in [1.29, 1.82) is 0 Å². The third kappa shape index (κ3) is 2.31. The summed E-state index contributed by atoms with van der Waals surface area (Å²) >= 11 is 0. The fraction of sp³-hybridized carbons (Fsp3) is 0.267. The molecule has 0 unspecified atom stereocenters. The number of hydrogen-bond acceptors (Lipinski definition) is 1. The zero-order valence-corrected chi connectivity index (χ0v) is 9.73. The lowest BCUT2D eigenvalue weighted by Gasteiger charge is -2.10. The van der Waals surface area contributed by atoms with Gasteiger partial charge in [-0.3, -0.25) is 0 Å². The molecule has 1 aromatic carbocycles. The van der Waals surface area contributed by atoms with E-state index in [1.165, 1.54) is 11.1 Å². The van der Waals surface area contributed by atoms with Crippen LogP contribution in [0.4, 0.5) is 0 Å². The average Bonchev–Trinajstić information content (AvgIpc) is 2.33. The number of benzene rings is 1. The minimum atomic E-state index is 0.944. The van der Waals surface area contributed by atoms with Crippen molar-refractivity contribution < 1.29 is 4.73 Å². The Labute approximate surface area is 101 Å². The number of pyridine rings is 1. The van der Waals surface area contributed by atoms with E-state index in [2.05, 4.69) is 30.3 Å². The highest BCUT2D eigenvalue weighted by atomic mass is 16.5. The second-order valence-electron chi connectivity index (χ2n) is 4.73. The van der Waals surface area contributed by atoms with Gasteiger partial charge in [0.05, 0.1) is 0 Å². The van der Waals surface area contributed by atoms with Crippen LogP contribution < -0.4 is 4.73 Å². The van der Waals surface area contributed by atoms with Crippen LogP contribution in [0.5, 0.6) is 0 Å². The van der Waals surface area contributed by atoms with Gasteiger partial charge in [-0.15, -0.1) is 0 Å². The molecule has 4 bridgehead atoms. The van der Waals surface area contributed by atoms with Gasteiger partial charge in [-0.25, -0.2) is 0 Å². The monoisotopic (exact) mass is 225 g/mol. The molecule has 17 heavy (non-hydrogen) atoms. The van der Waals surface area contributed by atoms with Crippen LogP contribution in [-0.2, 0) is 25.7 Å². The molecular formula is C15H15NO. The van der Waals surface area contributed by atoms with Crippen molar-refractivity contribution >= 4 is 0 Å². The molecule has 0 saturated heterocycles. The highest BCUT2D eigenvalue weighted by molar-refractivity contribution is 5.27. The molecule has 0 saturated carbocycles. The fourth-order valence-electron chi connectivity index (χ4n) is 2.47. The van der Waals surface area contributed by atoms with E-state index >= 15 is 0 Å². The molecule has 2 aromatic rings. The van der Waals surface area contributed by atoms with Gasteiger partial charge >= 0.3 is 0 Å². The third-order valence-corrected chi connectivity index (χ3v) is 3.35. The number of rotatable bonds is 0. The molecule has 0 fully saturated rings. The van der Waals surface area contributed by atoms with Gasteiger partial charge in [0, 0.05) is 11.1 Å². The number of fused-ring (bicyclic) bond motifs is 4. The van der Waals surface area contributed by atoms with Crippen LogP contribution in [0.15, 0.2) is 42.7 Å². The molecule has 0 radical (unpaired) electrons. The SMILES string of the molecule is [O-][n+]1cc2cc(c1)CCc1cccc(c1)CC2. The molecule has 0 atom stereocenters. The summed E-state index contributed by atoms with van der Waals surface area (Å²) in [6.45, 7) is 0. The Morgan fingerprint density at radius 3 is 1.82 bits per heavy atom. The summed E-state index contributed by atoms with van der Waals surface area (Å²) in [5.41, 5.74) is 5.02. The normalized spacial score (nSPS) is 14.4. The minimum absolute atomic E-state index is 0.944. The quantitative estimate of drug-likeness (QED) is 0.499. The number of aromatic nitrogens is 1. The van der Waals surface area contributed by atoms with E-state index in [9.17, 15) is 5.21 Å². The predicted octanol–water partition coefficient (Wildman–Crippen LogP) is 2.20. The summed E-state index contributed by atoms with van der Waals surface area (Å²) in [5, 5.41) is 11.5.